The lowest BCUT2D eigenvalue weighted by Gasteiger charge is -2.27. The van der Waals surface area contributed by atoms with Crippen molar-refractivity contribution in [2.75, 3.05) is 6.61 Å². The van der Waals surface area contributed by atoms with Crippen LogP contribution in [0.4, 0.5) is 4.39 Å². The maximum Gasteiger partial charge on any atom is 0.354 e. The number of nitrogens with zero attached hydrogens (tertiary/aromatic N) is 3. The highest BCUT2D eigenvalue weighted by Gasteiger charge is 2.23. The molecular formula is C18H15BrFN3O3. The van der Waals surface area contributed by atoms with Crippen LogP contribution in [-0.4, -0.2) is 38.3 Å². The van der Waals surface area contributed by atoms with Crippen molar-refractivity contribution >= 4 is 33.1 Å². The molecule has 2 aromatic heterocycles. The number of imidazole rings is 1. The normalized spacial score (nSPS) is 16.6. The second-order valence-corrected chi connectivity index (χ2v) is 7.04. The molecule has 8 heteroatoms. The van der Waals surface area contributed by atoms with E-state index in [2.05, 4.69) is 25.9 Å². The van der Waals surface area contributed by atoms with E-state index in [9.17, 15) is 14.3 Å². The lowest BCUT2D eigenvalue weighted by molar-refractivity contribution is -0.0590. The van der Waals surface area contributed by atoms with Gasteiger partial charge in [-0.25, -0.2) is 19.2 Å². The van der Waals surface area contributed by atoms with Gasteiger partial charge in [0.1, 0.15) is 17.2 Å². The molecule has 1 atom stereocenters. The minimum absolute atomic E-state index is 0.0330. The number of halogens is 2. The number of carboxylic acid groups (broad SMARTS) is 1. The molecule has 3 heterocycles. The highest BCUT2D eigenvalue weighted by atomic mass is 79.9. The van der Waals surface area contributed by atoms with Gasteiger partial charge in [0.15, 0.2) is 11.3 Å². The van der Waals surface area contributed by atoms with Crippen molar-refractivity contribution in [1.29, 1.82) is 0 Å². The predicted molar refractivity (Wildman–Crippen MR) is 95.8 cm³/mol. The number of hydrogen-bond donors (Lipinski definition) is 1. The Balaban J connectivity index is 1.77. The van der Waals surface area contributed by atoms with Crippen LogP contribution in [0.3, 0.4) is 0 Å². The van der Waals surface area contributed by atoms with Gasteiger partial charge in [0.25, 0.3) is 0 Å². The topological polar surface area (TPSA) is 77.2 Å². The zero-order valence-corrected chi connectivity index (χ0v) is 15.2. The minimum atomic E-state index is -1.09. The van der Waals surface area contributed by atoms with Crippen LogP contribution in [-0.2, 0) is 17.7 Å². The molecule has 0 aliphatic carbocycles. The standard InChI is InChI=1S/C18H15BrFN3O3/c19-12-2-1-10(7-13(12)20)8-16-21-14-3-4-15(18(24)25)22-17(14)23(16)9-11-5-6-26-11/h1-4,7,11H,5-6,8-9H2,(H,24,25)/t11-/m0/s1. The lowest BCUT2D eigenvalue weighted by atomic mass is 10.1. The summed E-state index contributed by atoms with van der Waals surface area (Å²) in [6.45, 7) is 1.26. The fraction of sp³-hybridized carbons (Fsp3) is 0.278. The van der Waals surface area contributed by atoms with Gasteiger partial charge in [0.05, 0.1) is 17.1 Å². The Morgan fingerprint density at radius 3 is 2.81 bits per heavy atom. The number of carbonyl (C=O) groups is 1. The van der Waals surface area contributed by atoms with Crippen molar-refractivity contribution in [1.82, 2.24) is 14.5 Å². The van der Waals surface area contributed by atoms with Crippen LogP contribution >= 0.6 is 15.9 Å². The van der Waals surface area contributed by atoms with Gasteiger partial charge in [0, 0.05) is 13.0 Å². The largest absolute Gasteiger partial charge is 0.477 e. The van der Waals surface area contributed by atoms with Crippen molar-refractivity contribution in [3.63, 3.8) is 0 Å². The molecule has 6 nitrogen and oxygen atoms in total. The van der Waals surface area contributed by atoms with E-state index in [4.69, 9.17) is 4.74 Å². The fourth-order valence-corrected chi connectivity index (χ4v) is 3.21. The molecule has 0 spiro atoms. The number of ether oxygens (including phenoxy) is 1. The molecule has 1 N–H and O–H groups in total. The number of aromatic carboxylic acids is 1. The molecule has 0 amide bonds. The van der Waals surface area contributed by atoms with Crippen molar-refractivity contribution in [2.45, 2.75) is 25.5 Å². The Hall–Kier alpha value is -2.32. The van der Waals surface area contributed by atoms with Crippen LogP contribution in [0.25, 0.3) is 11.2 Å². The van der Waals surface area contributed by atoms with Gasteiger partial charge < -0.3 is 14.4 Å². The highest BCUT2D eigenvalue weighted by molar-refractivity contribution is 9.10. The van der Waals surface area contributed by atoms with Gasteiger partial charge >= 0.3 is 5.97 Å². The molecule has 0 unspecified atom stereocenters. The SMILES string of the molecule is O=C(O)c1ccc2nc(Cc3ccc(Br)c(F)c3)n(C[C@@H]3CCO3)c2n1. The second-order valence-electron chi connectivity index (χ2n) is 6.19. The van der Waals surface area contributed by atoms with Crippen LogP contribution in [0.15, 0.2) is 34.8 Å². The van der Waals surface area contributed by atoms with Gasteiger partial charge in [0.2, 0.25) is 0 Å². The molecule has 0 bridgehead atoms. The monoisotopic (exact) mass is 419 g/mol. The van der Waals surface area contributed by atoms with E-state index >= 15 is 0 Å². The van der Waals surface area contributed by atoms with Crippen molar-refractivity contribution in [2.24, 2.45) is 0 Å². The Kier molecular flexibility index (Phi) is 4.46. The van der Waals surface area contributed by atoms with Crippen LogP contribution < -0.4 is 0 Å². The third-order valence-corrected chi connectivity index (χ3v) is 5.06. The Bertz CT molecular complexity index is 1000. The predicted octanol–water partition coefficient (Wildman–Crippen LogP) is 3.41. The van der Waals surface area contributed by atoms with Gasteiger partial charge in [-0.2, -0.15) is 0 Å². The molecule has 0 radical (unpaired) electrons. The first-order valence-electron chi connectivity index (χ1n) is 8.16. The number of aromatic nitrogens is 3. The summed E-state index contributed by atoms with van der Waals surface area (Å²) < 4.78 is 21.6. The fourth-order valence-electron chi connectivity index (χ4n) is 2.96. The van der Waals surface area contributed by atoms with Crippen LogP contribution in [0.5, 0.6) is 0 Å². The summed E-state index contributed by atoms with van der Waals surface area (Å²) in [6.07, 6.45) is 1.41. The Morgan fingerprint density at radius 2 is 2.15 bits per heavy atom. The lowest BCUT2D eigenvalue weighted by Crippen LogP contribution is -2.32. The molecule has 1 aliphatic heterocycles. The van der Waals surface area contributed by atoms with E-state index < -0.39 is 5.97 Å². The average Bonchev–Trinajstić information content (AvgIpc) is 2.90. The number of carboxylic acids is 1. The zero-order chi connectivity index (χ0) is 18.3. The quantitative estimate of drug-likeness (QED) is 0.685. The minimum Gasteiger partial charge on any atom is -0.477 e. The first-order valence-corrected chi connectivity index (χ1v) is 8.95. The van der Waals surface area contributed by atoms with Gasteiger partial charge in [-0.1, -0.05) is 6.07 Å². The second kappa shape index (κ2) is 6.77. The Labute approximate surface area is 156 Å². The summed E-state index contributed by atoms with van der Waals surface area (Å²) in [7, 11) is 0. The number of rotatable bonds is 5. The van der Waals surface area contributed by atoms with Gasteiger partial charge in [-0.15, -0.1) is 0 Å². The zero-order valence-electron chi connectivity index (χ0n) is 13.7. The maximum absolute atomic E-state index is 13.8. The van der Waals surface area contributed by atoms with E-state index in [1.165, 1.54) is 12.1 Å². The van der Waals surface area contributed by atoms with Crippen LogP contribution in [0.2, 0.25) is 0 Å². The highest BCUT2D eigenvalue weighted by Crippen LogP contribution is 2.23. The van der Waals surface area contributed by atoms with Crippen molar-refractivity contribution in [3.8, 4) is 0 Å². The van der Waals surface area contributed by atoms with E-state index in [0.717, 1.165) is 18.6 Å². The smallest absolute Gasteiger partial charge is 0.354 e. The molecule has 3 aromatic rings. The van der Waals surface area contributed by atoms with E-state index in [1.807, 2.05) is 10.6 Å². The maximum atomic E-state index is 13.8. The summed E-state index contributed by atoms with van der Waals surface area (Å²) >= 11 is 3.15. The molecule has 4 rings (SSSR count). The molecule has 1 saturated heterocycles. The van der Waals surface area contributed by atoms with Crippen LogP contribution in [0.1, 0.15) is 28.3 Å². The summed E-state index contributed by atoms with van der Waals surface area (Å²) in [4.78, 5) is 20.1. The number of pyridine rings is 1. The first-order chi connectivity index (χ1) is 12.5. The molecule has 1 aromatic carbocycles. The average molecular weight is 420 g/mol. The van der Waals surface area contributed by atoms with Gasteiger partial charge in [-0.3, -0.25) is 0 Å². The van der Waals surface area contributed by atoms with Crippen molar-refractivity contribution < 1.29 is 19.0 Å². The van der Waals surface area contributed by atoms with E-state index in [-0.39, 0.29) is 17.6 Å². The van der Waals surface area contributed by atoms with E-state index in [1.54, 1.807) is 12.1 Å². The molecular weight excluding hydrogens is 405 g/mol. The first kappa shape index (κ1) is 17.1. The summed E-state index contributed by atoms with van der Waals surface area (Å²) in [6, 6.07) is 8.03. The van der Waals surface area contributed by atoms with Crippen molar-refractivity contribution in [3.05, 3.63) is 57.7 Å². The molecule has 1 aliphatic rings. The van der Waals surface area contributed by atoms with Crippen LogP contribution in [0, 0.1) is 5.82 Å². The summed E-state index contributed by atoms with van der Waals surface area (Å²) in [5, 5.41) is 9.21. The third kappa shape index (κ3) is 3.22. The molecule has 1 fully saturated rings. The number of benzene rings is 1. The van der Waals surface area contributed by atoms with Gasteiger partial charge in [-0.05, 0) is 52.2 Å². The molecule has 0 saturated carbocycles. The Morgan fingerprint density at radius 1 is 1.35 bits per heavy atom. The van der Waals surface area contributed by atoms with E-state index in [0.29, 0.717) is 34.4 Å². The third-order valence-electron chi connectivity index (χ3n) is 4.42. The number of fused-ring (bicyclic) bond motifs is 1. The molecule has 134 valence electrons. The number of hydrogen-bond acceptors (Lipinski definition) is 4. The summed E-state index contributed by atoms with van der Waals surface area (Å²) in [5.41, 5.74) is 1.86. The molecule has 26 heavy (non-hydrogen) atoms. The summed E-state index contributed by atoms with van der Waals surface area (Å²) in [5.74, 6) is -0.720.